The first-order chi connectivity index (χ1) is 14.2. The van der Waals surface area contributed by atoms with Crippen LogP contribution in [0.3, 0.4) is 0 Å². The van der Waals surface area contributed by atoms with Gasteiger partial charge in [-0.3, -0.25) is 9.59 Å². The van der Waals surface area contributed by atoms with Crippen LogP contribution in [0.5, 0.6) is 0 Å². The van der Waals surface area contributed by atoms with Crippen LogP contribution >= 0.6 is 22.6 Å². The number of nitrogens with one attached hydrogen (secondary N) is 1. The number of likely N-dealkylation sites (N-methyl/N-ethyl adjacent to an activating group) is 1. The molecule has 9 heteroatoms. The topological polar surface area (TPSA) is 52.7 Å². The third-order valence-electron chi connectivity index (χ3n) is 4.81. The second-order valence-corrected chi connectivity index (χ2v) is 8.19. The molecule has 1 aliphatic rings. The summed E-state index contributed by atoms with van der Waals surface area (Å²) in [5, 5.41) is 2.50. The lowest BCUT2D eigenvalue weighted by Crippen LogP contribution is -2.56. The third-order valence-corrected chi connectivity index (χ3v) is 5.48. The van der Waals surface area contributed by atoms with Gasteiger partial charge in [0.1, 0.15) is 5.82 Å². The molecule has 1 heterocycles. The highest BCUT2D eigenvalue weighted by Crippen LogP contribution is 2.31. The smallest absolute Gasteiger partial charge is 0.256 e. The molecule has 2 aromatic carbocycles. The van der Waals surface area contributed by atoms with Crippen LogP contribution in [0.4, 0.5) is 24.5 Å². The van der Waals surface area contributed by atoms with Gasteiger partial charge in [-0.2, -0.15) is 0 Å². The van der Waals surface area contributed by atoms with Crippen LogP contribution in [0.2, 0.25) is 0 Å². The summed E-state index contributed by atoms with van der Waals surface area (Å²) >= 11 is 1.92. The fourth-order valence-corrected chi connectivity index (χ4v) is 3.60. The summed E-state index contributed by atoms with van der Waals surface area (Å²) in [7, 11) is 1.64. The number of rotatable bonds is 6. The van der Waals surface area contributed by atoms with Gasteiger partial charge < -0.3 is 15.1 Å². The summed E-state index contributed by atoms with van der Waals surface area (Å²) in [6.07, 6.45) is 1.60. The number of likely N-dealkylation sites (tertiary alicyclic amines) is 1. The molecule has 0 bridgehead atoms. The average Bonchev–Trinajstić information content (AvgIpc) is 2.66. The molecule has 0 radical (unpaired) electrons. The third kappa shape index (κ3) is 4.45. The number of halogens is 4. The molecule has 1 fully saturated rings. The first-order valence-electron chi connectivity index (χ1n) is 9.08. The molecule has 0 atom stereocenters. The number of nitrogens with zero attached hydrogens (tertiary/aromatic N) is 2. The molecule has 1 N–H and O–H groups in total. The zero-order valence-electron chi connectivity index (χ0n) is 16.1. The largest absolute Gasteiger partial charge is 0.350 e. The van der Waals surface area contributed by atoms with E-state index in [4.69, 9.17) is 0 Å². The predicted molar refractivity (Wildman–Crippen MR) is 116 cm³/mol. The molecule has 5 nitrogen and oxygen atoms in total. The Balaban J connectivity index is 1.81. The predicted octanol–water partition coefficient (Wildman–Crippen LogP) is 4.17. The number of carbonyl (C=O) groups is 2. The van der Waals surface area contributed by atoms with E-state index >= 15 is 0 Å². The first-order valence-corrected chi connectivity index (χ1v) is 10.2. The van der Waals surface area contributed by atoms with Gasteiger partial charge in [0.25, 0.3) is 5.91 Å². The van der Waals surface area contributed by atoms with Gasteiger partial charge in [-0.15, -0.1) is 6.58 Å². The second kappa shape index (κ2) is 9.07. The van der Waals surface area contributed by atoms with E-state index in [2.05, 4.69) is 11.9 Å². The fraction of sp³-hybridized carbons (Fsp3) is 0.238. The summed E-state index contributed by atoms with van der Waals surface area (Å²) < 4.78 is 43.1. The number of hydrogen-bond donors (Lipinski definition) is 1. The van der Waals surface area contributed by atoms with Gasteiger partial charge >= 0.3 is 0 Å². The molecule has 30 heavy (non-hydrogen) atoms. The molecule has 1 saturated heterocycles. The SMILES string of the molecule is C=CCN(C)C(=O)C1CN(C(=O)c2ccc(F)c(F)c2Nc2ccc(I)cc2F)C1. The van der Waals surface area contributed by atoms with Crippen LogP contribution in [-0.4, -0.2) is 48.3 Å². The Hall–Kier alpha value is -2.56. The Bertz CT molecular complexity index is 1010. The summed E-state index contributed by atoms with van der Waals surface area (Å²) in [5.41, 5.74) is -0.674. The lowest BCUT2D eigenvalue weighted by Gasteiger charge is -2.40. The number of amides is 2. The normalized spacial score (nSPS) is 13.6. The van der Waals surface area contributed by atoms with E-state index in [0.717, 1.165) is 12.1 Å². The zero-order valence-corrected chi connectivity index (χ0v) is 18.3. The van der Waals surface area contributed by atoms with Crippen molar-refractivity contribution in [2.75, 3.05) is 32.0 Å². The van der Waals surface area contributed by atoms with E-state index in [1.54, 1.807) is 19.2 Å². The standard InChI is InChI=1S/C21H19F3IN3O2/c1-3-8-27(2)20(29)12-10-28(11-12)21(30)14-5-6-15(22)18(24)19(14)26-17-7-4-13(25)9-16(17)23/h3-7,9,12,26H,1,8,10-11H2,2H3. The molecular formula is C21H19F3IN3O2. The van der Waals surface area contributed by atoms with Crippen LogP contribution < -0.4 is 5.32 Å². The van der Waals surface area contributed by atoms with Gasteiger partial charge in [-0.1, -0.05) is 6.08 Å². The van der Waals surface area contributed by atoms with Crippen LogP contribution in [0.15, 0.2) is 43.0 Å². The second-order valence-electron chi connectivity index (χ2n) is 6.95. The quantitative estimate of drug-likeness (QED) is 0.452. The molecule has 3 rings (SSSR count). The van der Waals surface area contributed by atoms with E-state index in [1.165, 1.54) is 21.9 Å². The average molecular weight is 529 g/mol. The molecule has 2 amide bonds. The minimum Gasteiger partial charge on any atom is -0.350 e. The van der Waals surface area contributed by atoms with E-state index in [-0.39, 0.29) is 36.2 Å². The van der Waals surface area contributed by atoms with Gasteiger partial charge in [0.15, 0.2) is 11.6 Å². The van der Waals surface area contributed by atoms with E-state index < -0.39 is 29.0 Å². The molecule has 0 unspecified atom stereocenters. The first kappa shape index (κ1) is 22.1. The van der Waals surface area contributed by atoms with E-state index in [0.29, 0.717) is 10.1 Å². The van der Waals surface area contributed by atoms with E-state index in [9.17, 15) is 22.8 Å². The Morgan fingerprint density at radius 1 is 1.23 bits per heavy atom. The molecule has 0 spiro atoms. The van der Waals surface area contributed by atoms with Crippen molar-refractivity contribution in [1.29, 1.82) is 0 Å². The van der Waals surface area contributed by atoms with Gasteiger partial charge in [-0.05, 0) is 52.9 Å². The Morgan fingerprint density at radius 3 is 2.57 bits per heavy atom. The number of carbonyl (C=O) groups excluding carboxylic acids is 2. The maximum Gasteiger partial charge on any atom is 0.256 e. The lowest BCUT2D eigenvalue weighted by atomic mass is 9.96. The van der Waals surface area contributed by atoms with Crippen molar-refractivity contribution in [3.63, 3.8) is 0 Å². The van der Waals surface area contributed by atoms with Gasteiger partial charge in [0.05, 0.1) is 22.9 Å². The van der Waals surface area contributed by atoms with Crippen LogP contribution in [0.1, 0.15) is 10.4 Å². The molecule has 2 aromatic rings. The van der Waals surface area contributed by atoms with Crippen molar-refractivity contribution in [3.8, 4) is 0 Å². The van der Waals surface area contributed by atoms with Crippen molar-refractivity contribution in [2.24, 2.45) is 5.92 Å². The maximum atomic E-state index is 14.5. The highest BCUT2D eigenvalue weighted by atomic mass is 127. The number of anilines is 2. The monoisotopic (exact) mass is 529 g/mol. The summed E-state index contributed by atoms with van der Waals surface area (Å²) in [6.45, 7) is 4.30. The maximum absolute atomic E-state index is 14.5. The van der Waals surface area contributed by atoms with Gasteiger partial charge in [0, 0.05) is 30.3 Å². The van der Waals surface area contributed by atoms with Crippen molar-refractivity contribution in [2.45, 2.75) is 0 Å². The number of benzene rings is 2. The minimum absolute atomic E-state index is 0.0864. The summed E-state index contributed by atoms with van der Waals surface area (Å²) in [4.78, 5) is 28.0. The molecule has 1 aliphatic heterocycles. The van der Waals surface area contributed by atoms with Crippen LogP contribution in [0.25, 0.3) is 0 Å². The molecule has 0 saturated carbocycles. The van der Waals surface area contributed by atoms with Crippen molar-refractivity contribution < 1.29 is 22.8 Å². The van der Waals surface area contributed by atoms with E-state index in [1.807, 2.05) is 22.6 Å². The molecule has 0 aromatic heterocycles. The van der Waals surface area contributed by atoms with Gasteiger partial charge in [-0.25, -0.2) is 13.2 Å². The minimum atomic E-state index is -1.28. The Labute approximate surface area is 185 Å². The molecule has 158 valence electrons. The zero-order chi connectivity index (χ0) is 22.0. The van der Waals surface area contributed by atoms with Crippen molar-refractivity contribution >= 4 is 45.8 Å². The van der Waals surface area contributed by atoms with Crippen LogP contribution in [0, 0.1) is 26.9 Å². The number of hydrogen-bond acceptors (Lipinski definition) is 3. The fourth-order valence-electron chi connectivity index (χ4n) is 3.14. The van der Waals surface area contributed by atoms with Crippen molar-refractivity contribution in [3.05, 3.63) is 69.6 Å². The Morgan fingerprint density at radius 2 is 1.93 bits per heavy atom. The summed E-state index contributed by atoms with van der Waals surface area (Å²) in [6, 6.07) is 6.19. The highest BCUT2D eigenvalue weighted by Gasteiger charge is 2.38. The van der Waals surface area contributed by atoms with Gasteiger partial charge in [0.2, 0.25) is 5.91 Å². The molecular weight excluding hydrogens is 510 g/mol. The Kier molecular flexibility index (Phi) is 6.69. The summed E-state index contributed by atoms with van der Waals surface area (Å²) in [5.74, 6) is -4.17. The van der Waals surface area contributed by atoms with Crippen LogP contribution in [-0.2, 0) is 4.79 Å². The molecule has 0 aliphatic carbocycles. The highest BCUT2D eigenvalue weighted by molar-refractivity contribution is 14.1. The van der Waals surface area contributed by atoms with Crippen molar-refractivity contribution in [1.82, 2.24) is 9.80 Å². The lowest BCUT2D eigenvalue weighted by molar-refractivity contribution is -0.137.